The summed E-state index contributed by atoms with van der Waals surface area (Å²) in [6.07, 6.45) is 6.73. The van der Waals surface area contributed by atoms with Crippen LogP contribution in [0, 0.1) is 6.92 Å². The average molecular weight is 274 g/mol. The van der Waals surface area contributed by atoms with E-state index in [1.807, 2.05) is 13.0 Å². The summed E-state index contributed by atoms with van der Waals surface area (Å²) in [4.78, 5) is 9.74. The molecular formula is C16H26N4. The molecule has 0 amide bonds. The van der Waals surface area contributed by atoms with Gasteiger partial charge in [0.2, 0.25) is 0 Å². The van der Waals surface area contributed by atoms with Crippen molar-refractivity contribution in [2.24, 2.45) is 0 Å². The number of hydrogen-bond acceptors (Lipinski definition) is 4. The number of aromatic nitrogens is 1. The summed E-state index contributed by atoms with van der Waals surface area (Å²) in [5.41, 5.74) is 7.58. The van der Waals surface area contributed by atoms with Crippen LogP contribution in [-0.4, -0.2) is 42.1 Å². The normalized spacial score (nSPS) is 22.1. The molecule has 1 aromatic rings. The Hall–Kier alpha value is -1.29. The Morgan fingerprint density at radius 3 is 2.40 bits per heavy atom. The van der Waals surface area contributed by atoms with Gasteiger partial charge in [0, 0.05) is 19.1 Å². The second-order valence-electron chi connectivity index (χ2n) is 6.16. The number of nitrogen functional groups attached to an aromatic ring is 1. The molecule has 4 heteroatoms. The van der Waals surface area contributed by atoms with Gasteiger partial charge in [0.15, 0.2) is 0 Å². The van der Waals surface area contributed by atoms with Crippen molar-refractivity contribution >= 4 is 11.5 Å². The van der Waals surface area contributed by atoms with Gasteiger partial charge >= 0.3 is 0 Å². The first-order valence-corrected chi connectivity index (χ1v) is 7.96. The molecule has 110 valence electrons. The van der Waals surface area contributed by atoms with Crippen molar-refractivity contribution in [3.05, 3.63) is 17.8 Å². The van der Waals surface area contributed by atoms with Gasteiger partial charge in [-0.25, -0.2) is 4.98 Å². The summed E-state index contributed by atoms with van der Waals surface area (Å²) < 4.78 is 0. The van der Waals surface area contributed by atoms with Gasteiger partial charge in [-0.2, -0.15) is 0 Å². The van der Waals surface area contributed by atoms with Crippen molar-refractivity contribution < 1.29 is 0 Å². The minimum absolute atomic E-state index is 0.789. The van der Waals surface area contributed by atoms with Gasteiger partial charge in [0.05, 0.1) is 11.4 Å². The molecule has 2 fully saturated rings. The molecule has 4 nitrogen and oxygen atoms in total. The molecule has 3 heterocycles. The lowest BCUT2D eigenvalue weighted by atomic mass is 10.00. The van der Waals surface area contributed by atoms with Crippen LogP contribution >= 0.6 is 0 Å². The second kappa shape index (κ2) is 6.00. The SMILES string of the molecule is Cc1nc(N2CCC(N3CCCCC3)CC2)ccc1N. The first-order chi connectivity index (χ1) is 9.74. The zero-order valence-corrected chi connectivity index (χ0v) is 12.5. The van der Waals surface area contributed by atoms with Gasteiger partial charge in [-0.15, -0.1) is 0 Å². The largest absolute Gasteiger partial charge is 0.397 e. The lowest BCUT2D eigenvalue weighted by molar-refractivity contribution is 0.141. The molecule has 0 unspecified atom stereocenters. The van der Waals surface area contributed by atoms with E-state index in [4.69, 9.17) is 5.73 Å². The smallest absolute Gasteiger partial charge is 0.128 e. The number of aryl methyl sites for hydroxylation is 1. The van der Waals surface area contributed by atoms with Gasteiger partial charge in [0.1, 0.15) is 5.82 Å². The Kier molecular flexibility index (Phi) is 4.10. The van der Waals surface area contributed by atoms with Gasteiger partial charge in [-0.1, -0.05) is 6.42 Å². The molecule has 2 aliphatic heterocycles. The van der Waals surface area contributed by atoms with E-state index in [9.17, 15) is 0 Å². The van der Waals surface area contributed by atoms with Crippen molar-refractivity contribution in [3.63, 3.8) is 0 Å². The fraction of sp³-hybridized carbons (Fsp3) is 0.688. The molecule has 2 N–H and O–H groups in total. The standard InChI is InChI=1S/C16H26N4/c1-13-15(17)5-6-16(18-13)20-11-7-14(8-12-20)19-9-3-2-4-10-19/h5-6,14H,2-4,7-12,17H2,1H3. The first-order valence-electron chi connectivity index (χ1n) is 7.96. The predicted octanol–water partition coefficient (Wildman–Crippen LogP) is 2.43. The molecule has 20 heavy (non-hydrogen) atoms. The van der Waals surface area contributed by atoms with E-state index in [-0.39, 0.29) is 0 Å². The Morgan fingerprint density at radius 2 is 1.75 bits per heavy atom. The molecule has 0 radical (unpaired) electrons. The van der Waals surface area contributed by atoms with Crippen LogP contribution in [0.2, 0.25) is 0 Å². The van der Waals surface area contributed by atoms with E-state index < -0.39 is 0 Å². The first kappa shape index (κ1) is 13.7. The molecule has 1 aromatic heterocycles. The third-order valence-corrected chi connectivity index (χ3v) is 4.81. The van der Waals surface area contributed by atoms with Gasteiger partial charge < -0.3 is 15.5 Å². The number of piperidine rings is 2. The summed E-state index contributed by atoms with van der Waals surface area (Å²) in [5.74, 6) is 1.09. The number of nitrogens with zero attached hydrogens (tertiary/aromatic N) is 3. The minimum atomic E-state index is 0.789. The number of rotatable bonds is 2. The van der Waals surface area contributed by atoms with E-state index in [0.29, 0.717) is 0 Å². The molecule has 0 aromatic carbocycles. The van der Waals surface area contributed by atoms with Crippen LogP contribution < -0.4 is 10.6 Å². The maximum absolute atomic E-state index is 5.85. The van der Waals surface area contributed by atoms with Crippen LogP contribution in [0.5, 0.6) is 0 Å². The zero-order valence-electron chi connectivity index (χ0n) is 12.5. The van der Waals surface area contributed by atoms with Gasteiger partial charge in [-0.3, -0.25) is 0 Å². The van der Waals surface area contributed by atoms with Crippen molar-refractivity contribution in [2.75, 3.05) is 36.8 Å². The van der Waals surface area contributed by atoms with Crippen molar-refractivity contribution in [1.82, 2.24) is 9.88 Å². The molecular weight excluding hydrogens is 248 g/mol. The van der Waals surface area contributed by atoms with Crippen molar-refractivity contribution in [2.45, 2.75) is 45.1 Å². The molecule has 2 aliphatic rings. The van der Waals surface area contributed by atoms with E-state index in [2.05, 4.69) is 20.9 Å². The highest BCUT2D eigenvalue weighted by Gasteiger charge is 2.26. The highest BCUT2D eigenvalue weighted by molar-refractivity contribution is 5.50. The zero-order chi connectivity index (χ0) is 13.9. The van der Waals surface area contributed by atoms with E-state index in [1.54, 1.807) is 0 Å². The van der Waals surface area contributed by atoms with Crippen LogP contribution in [0.1, 0.15) is 37.8 Å². The summed E-state index contributed by atoms with van der Waals surface area (Å²) in [5, 5.41) is 0. The van der Waals surface area contributed by atoms with Gasteiger partial charge in [-0.05, 0) is 57.8 Å². The molecule has 0 spiro atoms. The quantitative estimate of drug-likeness (QED) is 0.899. The summed E-state index contributed by atoms with van der Waals surface area (Å²) in [6, 6.07) is 4.83. The Morgan fingerprint density at radius 1 is 1.05 bits per heavy atom. The van der Waals surface area contributed by atoms with E-state index >= 15 is 0 Å². The van der Waals surface area contributed by atoms with Crippen molar-refractivity contribution in [3.8, 4) is 0 Å². The third kappa shape index (κ3) is 2.90. The van der Waals surface area contributed by atoms with Gasteiger partial charge in [0.25, 0.3) is 0 Å². The van der Waals surface area contributed by atoms with E-state index in [0.717, 1.165) is 36.3 Å². The van der Waals surface area contributed by atoms with Crippen LogP contribution in [0.4, 0.5) is 11.5 Å². The van der Waals surface area contributed by atoms with Crippen LogP contribution in [0.3, 0.4) is 0 Å². The molecule has 0 atom stereocenters. The maximum Gasteiger partial charge on any atom is 0.128 e. The molecule has 0 bridgehead atoms. The maximum atomic E-state index is 5.85. The lowest BCUT2D eigenvalue weighted by Gasteiger charge is -2.40. The highest BCUT2D eigenvalue weighted by Crippen LogP contribution is 2.24. The minimum Gasteiger partial charge on any atom is -0.397 e. The lowest BCUT2D eigenvalue weighted by Crippen LogP contribution is -2.47. The van der Waals surface area contributed by atoms with Crippen LogP contribution in [0.15, 0.2) is 12.1 Å². The number of nitrogens with two attached hydrogens (primary N) is 1. The fourth-order valence-electron chi connectivity index (χ4n) is 3.48. The Balaban J connectivity index is 1.58. The number of pyridine rings is 1. The third-order valence-electron chi connectivity index (χ3n) is 4.81. The number of anilines is 2. The Bertz CT molecular complexity index is 446. The predicted molar refractivity (Wildman–Crippen MR) is 84.0 cm³/mol. The second-order valence-corrected chi connectivity index (χ2v) is 6.16. The average Bonchev–Trinajstić information content (AvgIpc) is 2.51. The topological polar surface area (TPSA) is 45.4 Å². The fourth-order valence-corrected chi connectivity index (χ4v) is 3.48. The molecule has 2 saturated heterocycles. The Labute approximate surface area is 122 Å². The van der Waals surface area contributed by atoms with Crippen LogP contribution in [0.25, 0.3) is 0 Å². The highest BCUT2D eigenvalue weighted by atomic mass is 15.2. The van der Waals surface area contributed by atoms with Crippen molar-refractivity contribution in [1.29, 1.82) is 0 Å². The molecule has 3 rings (SSSR count). The summed E-state index contributed by atoms with van der Waals surface area (Å²) in [7, 11) is 0. The van der Waals surface area contributed by atoms with E-state index in [1.165, 1.54) is 45.2 Å². The summed E-state index contributed by atoms with van der Waals surface area (Å²) >= 11 is 0. The number of likely N-dealkylation sites (tertiary alicyclic amines) is 1. The monoisotopic (exact) mass is 274 g/mol. The van der Waals surface area contributed by atoms with Crippen LogP contribution in [-0.2, 0) is 0 Å². The molecule has 0 aliphatic carbocycles. The molecule has 0 saturated carbocycles. The summed E-state index contributed by atoms with van der Waals surface area (Å²) in [6.45, 7) is 6.85. The number of hydrogen-bond donors (Lipinski definition) is 1.